The number of hydrogen-bond acceptors (Lipinski definition) is 8. The van der Waals surface area contributed by atoms with Gasteiger partial charge in [0, 0.05) is 61.5 Å². The fraction of sp³-hybridized carbons (Fsp3) is 0.455. The van der Waals surface area contributed by atoms with Crippen molar-refractivity contribution in [3.8, 4) is 18.0 Å². The van der Waals surface area contributed by atoms with Crippen LogP contribution in [-0.2, 0) is 0 Å². The zero-order chi connectivity index (χ0) is 22.0. The van der Waals surface area contributed by atoms with Gasteiger partial charge >= 0.3 is 0 Å². The smallest absolute Gasteiger partial charge is 0.179 e. The first kappa shape index (κ1) is 20.7. The number of fused-ring (bicyclic) bond motifs is 1. The molecule has 0 spiro atoms. The molecule has 0 bridgehead atoms. The predicted molar refractivity (Wildman–Crippen MR) is 117 cm³/mol. The van der Waals surface area contributed by atoms with E-state index < -0.39 is 0 Å². The second-order valence-electron chi connectivity index (χ2n) is 8.06. The summed E-state index contributed by atoms with van der Waals surface area (Å²) in [5, 5.41) is 22.6. The van der Waals surface area contributed by atoms with Crippen LogP contribution in [0, 0.1) is 22.8 Å². The summed E-state index contributed by atoms with van der Waals surface area (Å²) in [4.78, 5) is 9.06. The van der Waals surface area contributed by atoms with E-state index in [1.54, 1.807) is 11.6 Å². The molecular weight excluding hydrogens is 392 g/mol. The summed E-state index contributed by atoms with van der Waals surface area (Å²) < 4.78 is 7.14. The highest BCUT2D eigenvalue weighted by Gasteiger charge is 2.33. The number of nitrogens with two attached hydrogens (primary N) is 1. The van der Waals surface area contributed by atoms with Crippen LogP contribution in [-0.4, -0.2) is 71.0 Å². The number of likely N-dealkylation sites (tertiary alicyclic amines) is 2. The van der Waals surface area contributed by atoms with Crippen LogP contribution >= 0.6 is 0 Å². The van der Waals surface area contributed by atoms with E-state index in [0.29, 0.717) is 28.6 Å². The second-order valence-corrected chi connectivity index (χ2v) is 8.06. The lowest BCUT2D eigenvalue weighted by Gasteiger charge is -2.45. The van der Waals surface area contributed by atoms with Crippen LogP contribution in [0.4, 0.5) is 0 Å². The van der Waals surface area contributed by atoms with E-state index in [1.807, 2.05) is 30.3 Å². The molecule has 2 saturated heterocycles. The summed E-state index contributed by atoms with van der Waals surface area (Å²) in [6, 6.07) is 4.79. The van der Waals surface area contributed by atoms with Gasteiger partial charge in [-0.1, -0.05) is 0 Å². The van der Waals surface area contributed by atoms with E-state index in [1.165, 1.54) is 6.20 Å². The zero-order valence-corrected chi connectivity index (χ0v) is 17.8. The number of piperidine rings is 1. The summed E-state index contributed by atoms with van der Waals surface area (Å²) in [5.74, 6) is 0.567. The quantitative estimate of drug-likeness (QED) is 0.579. The molecule has 0 aromatic carbocycles. The molecule has 2 aromatic rings. The van der Waals surface area contributed by atoms with Crippen LogP contribution < -0.4 is 10.5 Å². The third-order valence-corrected chi connectivity index (χ3v) is 6.08. The number of ether oxygens (including phenoxy) is 1. The number of nitrogens with zero attached hydrogens (tertiary/aromatic N) is 7. The first-order valence-electron chi connectivity index (χ1n) is 10.4. The Morgan fingerprint density at radius 1 is 1.32 bits per heavy atom. The summed E-state index contributed by atoms with van der Waals surface area (Å²) in [5.41, 5.74) is 9.57. The summed E-state index contributed by atoms with van der Waals surface area (Å²) in [6.45, 7) is 5.39. The van der Waals surface area contributed by atoms with Gasteiger partial charge in [0.2, 0.25) is 0 Å². The Balaban J connectivity index is 1.47. The molecule has 0 amide bonds. The topological polar surface area (TPSA) is 119 Å². The number of nitriles is 2. The van der Waals surface area contributed by atoms with Gasteiger partial charge in [0.15, 0.2) is 6.19 Å². The van der Waals surface area contributed by atoms with Gasteiger partial charge in [0.05, 0.1) is 19.3 Å². The minimum Gasteiger partial charge on any atom is -0.494 e. The Hall–Kier alpha value is -3.56. The SMILES string of the molecule is COc1cc(/C(C=NC2CN(C3CCN(C#N)CC3)C2)=C(\C)N)cn2ncc(C#N)c12. The van der Waals surface area contributed by atoms with Crippen molar-refractivity contribution in [2.24, 2.45) is 10.7 Å². The molecule has 2 aromatic heterocycles. The molecule has 9 heteroatoms. The van der Waals surface area contributed by atoms with Crippen molar-refractivity contribution >= 4 is 17.3 Å². The van der Waals surface area contributed by atoms with Crippen molar-refractivity contribution < 1.29 is 4.74 Å². The minimum absolute atomic E-state index is 0.240. The molecule has 4 rings (SSSR count). The average Bonchev–Trinajstić information content (AvgIpc) is 3.17. The highest BCUT2D eigenvalue weighted by atomic mass is 16.5. The number of hydrogen-bond donors (Lipinski definition) is 1. The lowest BCUT2D eigenvalue weighted by molar-refractivity contribution is 0.0609. The molecule has 160 valence electrons. The first-order valence-corrected chi connectivity index (χ1v) is 10.4. The maximum absolute atomic E-state index is 9.30. The second kappa shape index (κ2) is 8.66. The van der Waals surface area contributed by atoms with Gasteiger partial charge in [0.1, 0.15) is 22.9 Å². The molecule has 0 radical (unpaired) electrons. The monoisotopic (exact) mass is 418 g/mol. The van der Waals surface area contributed by atoms with E-state index in [-0.39, 0.29) is 6.04 Å². The Morgan fingerprint density at radius 2 is 2.06 bits per heavy atom. The highest BCUT2D eigenvalue weighted by molar-refractivity contribution is 6.11. The number of rotatable bonds is 5. The van der Waals surface area contributed by atoms with Gasteiger partial charge in [-0.2, -0.15) is 15.6 Å². The first-order chi connectivity index (χ1) is 15.0. The molecule has 2 fully saturated rings. The van der Waals surface area contributed by atoms with Crippen molar-refractivity contribution in [3.05, 3.63) is 35.3 Å². The van der Waals surface area contributed by atoms with Crippen molar-refractivity contribution in [1.29, 1.82) is 10.5 Å². The van der Waals surface area contributed by atoms with Gasteiger partial charge in [-0.15, -0.1) is 0 Å². The third-order valence-electron chi connectivity index (χ3n) is 6.08. The Bertz CT molecular complexity index is 1100. The summed E-state index contributed by atoms with van der Waals surface area (Å²) >= 11 is 0. The van der Waals surface area contributed by atoms with Crippen molar-refractivity contribution in [1.82, 2.24) is 19.4 Å². The van der Waals surface area contributed by atoms with Crippen molar-refractivity contribution in [2.75, 3.05) is 33.3 Å². The lowest BCUT2D eigenvalue weighted by atomic mass is 9.98. The fourth-order valence-electron chi connectivity index (χ4n) is 4.26. The summed E-state index contributed by atoms with van der Waals surface area (Å²) in [6.07, 6.45) is 9.50. The zero-order valence-electron chi connectivity index (χ0n) is 17.8. The molecule has 0 atom stereocenters. The molecule has 0 aliphatic carbocycles. The van der Waals surface area contributed by atoms with Crippen LogP contribution in [0.2, 0.25) is 0 Å². The lowest BCUT2D eigenvalue weighted by Crippen LogP contribution is -2.56. The molecule has 2 aliphatic heterocycles. The van der Waals surface area contributed by atoms with E-state index in [4.69, 9.17) is 20.7 Å². The molecule has 31 heavy (non-hydrogen) atoms. The van der Waals surface area contributed by atoms with Gasteiger partial charge in [-0.3, -0.25) is 9.89 Å². The highest BCUT2D eigenvalue weighted by Crippen LogP contribution is 2.28. The van der Waals surface area contributed by atoms with Crippen LogP contribution in [0.15, 0.2) is 29.1 Å². The third kappa shape index (κ3) is 4.05. The number of methoxy groups -OCH3 is 1. The van der Waals surface area contributed by atoms with E-state index >= 15 is 0 Å². The number of aromatic nitrogens is 2. The molecule has 9 nitrogen and oxygen atoms in total. The van der Waals surface area contributed by atoms with Gasteiger partial charge in [-0.05, 0) is 25.8 Å². The van der Waals surface area contributed by atoms with Gasteiger partial charge < -0.3 is 15.4 Å². The van der Waals surface area contributed by atoms with E-state index in [2.05, 4.69) is 22.3 Å². The number of pyridine rings is 1. The molecule has 0 unspecified atom stereocenters. The molecule has 2 N–H and O–H groups in total. The number of aliphatic imine (C=N–C) groups is 1. The van der Waals surface area contributed by atoms with Gasteiger partial charge in [-0.25, -0.2) is 4.52 Å². The maximum atomic E-state index is 9.30. The van der Waals surface area contributed by atoms with Crippen LogP contribution in [0.1, 0.15) is 30.9 Å². The van der Waals surface area contributed by atoms with Crippen LogP contribution in [0.3, 0.4) is 0 Å². The number of allylic oxidation sites excluding steroid dienone is 2. The van der Waals surface area contributed by atoms with Crippen LogP contribution in [0.5, 0.6) is 5.75 Å². The van der Waals surface area contributed by atoms with E-state index in [0.717, 1.165) is 50.2 Å². The molecule has 2 aliphatic rings. The van der Waals surface area contributed by atoms with Crippen molar-refractivity contribution in [2.45, 2.75) is 31.8 Å². The Morgan fingerprint density at radius 3 is 2.68 bits per heavy atom. The Labute approximate surface area is 181 Å². The van der Waals surface area contributed by atoms with E-state index in [9.17, 15) is 5.26 Å². The Kier molecular flexibility index (Phi) is 5.79. The maximum Gasteiger partial charge on any atom is 0.179 e. The van der Waals surface area contributed by atoms with Gasteiger partial charge in [0.25, 0.3) is 0 Å². The summed E-state index contributed by atoms with van der Waals surface area (Å²) in [7, 11) is 1.57. The normalized spacial score (nSPS) is 19.2. The minimum atomic E-state index is 0.240. The fourth-order valence-corrected chi connectivity index (χ4v) is 4.26. The van der Waals surface area contributed by atoms with Crippen LogP contribution in [0.25, 0.3) is 11.1 Å². The molecular formula is C22H26N8O. The standard InChI is InChI=1S/C22H26N8O/c1-15(25)20(16-7-21(31-2)22-17(8-23)9-27-30(22)11-16)10-26-18-12-29(13-18)19-3-5-28(14-24)6-4-19/h7,9-11,18-19H,3-6,12-13,25H2,1-2H3/b20-15+,26-10?. The molecule has 4 heterocycles. The molecule has 0 saturated carbocycles. The predicted octanol–water partition coefficient (Wildman–Crippen LogP) is 1.60. The van der Waals surface area contributed by atoms with Crippen molar-refractivity contribution in [3.63, 3.8) is 0 Å². The average molecular weight is 419 g/mol. The largest absolute Gasteiger partial charge is 0.494 e.